The fourth-order valence-electron chi connectivity index (χ4n) is 6.07. The topological polar surface area (TPSA) is 138 Å². The molecule has 3 aromatic heterocycles. The van der Waals surface area contributed by atoms with Crippen LogP contribution in [0, 0.1) is 28.9 Å². The van der Waals surface area contributed by atoms with Crippen molar-refractivity contribution < 1.29 is 18.3 Å². The van der Waals surface area contributed by atoms with Crippen molar-refractivity contribution in [3.05, 3.63) is 66.1 Å². The van der Waals surface area contributed by atoms with Crippen LogP contribution in [0.1, 0.15) is 31.7 Å². The lowest BCUT2D eigenvalue weighted by Crippen LogP contribution is -2.56. The van der Waals surface area contributed by atoms with Gasteiger partial charge in [0.05, 0.1) is 65.7 Å². The Balaban J connectivity index is 1.24. The molecule has 5 heterocycles. The van der Waals surface area contributed by atoms with E-state index in [1.165, 1.54) is 16.6 Å². The second-order valence-electron chi connectivity index (χ2n) is 11.3. The third-order valence-electron chi connectivity index (χ3n) is 8.12. The number of halogens is 2. The molecule has 11 nitrogen and oxygen atoms in total. The third kappa shape index (κ3) is 5.91. The zero-order valence-electron chi connectivity index (χ0n) is 24.3. The molecule has 3 atom stereocenters. The summed E-state index contributed by atoms with van der Waals surface area (Å²) in [7, 11) is 0. The SMILES string of the molecule is CC1CN(c2ccncc2Nc2ncc3ccc(-c4c(F)cc(CN5CCCC5=O)cc4F)nn23)CC(N)C1OCCC#N. The number of pyridine rings is 1. The standard InChI is InChI=1S/C31H33F2N9O2/c1-19-16-41(18-24(35)30(19)44-11-3-8-34)27-7-9-36-15-26(27)38-31-37-14-21-5-6-25(39-42(21)31)29-22(32)12-20(13-23(29)33)17-40-10-2-4-28(40)43/h5-7,9,12-15,19,24,30H,2-4,10-11,16-18,35H2,1H3,(H,37,38). The number of rotatable bonds is 9. The van der Waals surface area contributed by atoms with Crippen LogP contribution in [0.15, 0.2) is 48.9 Å². The molecule has 13 heteroatoms. The highest BCUT2D eigenvalue weighted by molar-refractivity contribution is 5.78. The Bertz CT molecular complexity index is 1690. The van der Waals surface area contributed by atoms with Crippen LogP contribution in [0.25, 0.3) is 16.8 Å². The molecule has 3 unspecified atom stereocenters. The van der Waals surface area contributed by atoms with Crippen LogP contribution in [0.2, 0.25) is 0 Å². The van der Waals surface area contributed by atoms with Crippen LogP contribution < -0.4 is 16.0 Å². The van der Waals surface area contributed by atoms with E-state index in [0.29, 0.717) is 61.8 Å². The molecule has 1 aromatic carbocycles. The molecular formula is C31H33F2N9O2. The minimum atomic E-state index is -0.756. The molecule has 1 amide bonds. The number of carbonyl (C=O) groups is 1. The number of ether oxygens (including phenoxy) is 1. The Kier molecular flexibility index (Phi) is 8.36. The number of piperidine rings is 1. The van der Waals surface area contributed by atoms with E-state index < -0.39 is 11.6 Å². The molecule has 2 aliphatic heterocycles. The van der Waals surface area contributed by atoms with Crippen molar-refractivity contribution in [2.75, 3.05) is 36.5 Å². The number of amides is 1. The molecule has 2 fully saturated rings. The lowest BCUT2D eigenvalue weighted by molar-refractivity contribution is -0.128. The molecule has 228 valence electrons. The zero-order chi connectivity index (χ0) is 30.8. The van der Waals surface area contributed by atoms with Gasteiger partial charge in [0.1, 0.15) is 11.6 Å². The van der Waals surface area contributed by atoms with Gasteiger partial charge in [-0.2, -0.15) is 14.9 Å². The largest absolute Gasteiger partial charge is 0.375 e. The number of likely N-dealkylation sites (tertiary alicyclic amines) is 1. The lowest BCUT2D eigenvalue weighted by atomic mass is 9.92. The second-order valence-corrected chi connectivity index (χ2v) is 11.3. The van der Waals surface area contributed by atoms with Crippen molar-refractivity contribution in [3.63, 3.8) is 0 Å². The van der Waals surface area contributed by atoms with E-state index in [-0.39, 0.29) is 41.8 Å². The summed E-state index contributed by atoms with van der Waals surface area (Å²) >= 11 is 0. The molecule has 0 aliphatic carbocycles. The number of hydrogen-bond acceptors (Lipinski definition) is 9. The lowest BCUT2D eigenvalue weighted by Gasteiger charge is -2.42. The highest BCUT2D eigenvalue weighted by Crippen LogP contribution is 2.33. The maximum absolute atomic E-state index is 15.3. The minimum Gasteiger partial charge on any atom is -0.375 e. The van der Waals surface area contributed by atoms with Crippen molar-refractivity contribution >= 4 is 28.7 Å². The smallest absolute Gasteiger partial charge is 0.229 e. The van der Waals surface area contributed by atoms with Gasteiger partial charge in [0.15, 0.2) is 0 Å². The van der Waals surface area contributed by atoms with E-state index >= 15 is 8.78 Å². The van der Waals surface area contributed by atoms with Gasteiger partial charge >= 0.3 is 0 Å². The molecule has 3 N–H and O–H groups in total. The number of nitriles is 1. The van der Waals surface area contributed by atoms with E-state index in [9.17, 15) is 4.79 Å². The number of anilines is 3. The van der Waals surface area contributed by atoms with Gasteiger partial charge in [0.2, 0.25) is 11.9 Å². The Morgan fingerprint density at radius 3 is 2.73 bits per heavy atom. The number of nitrogens with two attached hydrogens (primary N) is 1. The van der Waals surface area contributed by atoms with Crippen LogP contribution >= 0.6 is 0 Å². The molecule has 2 saturated heterocycles. The molecule has 2 aliphatic rings. The van der Waals surface area contributed by atoms with E-state index in [1.54, 1.807) is 35.6 Å². The second kappa shape index (κ2) is 12.5. The Hall–Kier alpha value is -4.67. The first kappa shape index (κ1) is 29.4. The number of aromatic nitrogens is 4. The number of benzene rings is 1. The monoisotopic (exact) mass is 601 g/mol. The maximum Gasteiger partial charge on any atom is 0.229 e. The Morgan fingerprint density at radius 1 is 1.18 bits per heavy atom. The first-order valence-corrected chi connectivity index (χ1v) is 14.6. The number of nitrogens with one attached hydrogen (secondary N) is 1. The molecule has 0 saturated carbocycles. The van der Waals surface area contributed by atoms with Gasteiger partial charge in [-0.1, -0.05) is 6.92 Å². The summed E-state index contributed by atoms with van der Waals surface area (Å²) in [5.41, 5.74) is 8.87. The van der Waals surface area contributed by atoms with Gasteiger partial charge in [-0.3, -0.25) is 9.78 Å². The van der Waals surface area contributed by atoms with E-state index in [0.717, 1.165) is 12.1 Å². The van der Waals surface area contributed by atoms with Crippen molar-refractivity contribution in [2.24, 2.45) is 11.7 Å². The quantitative estimate of drug-likeness (QED) is 0.273. The van der Waals surface area contributed by atoms with Crippen molar-refractivity contribution in [1.82, 2.24) is 24.5 Å². The number of fused-ring (bicyclic) bond motifs is 1. The summed E-state index contributed by atoms with van der Waals surface area (Å²) in [4.78, 5) is 24.5. The van der Waals surface area contributed by atoms with Crippen LogP contribution in [0.5, 0.6) is 0 Å². The zero-order valence-corrected chi connectivity index (χ0v) is 24.3. The molecule has 0 bridgehead atoms. The van der Waals surface area contributed by atoms with Crippen LogP contribution in [0.4, 0.5) is 26.1 Å². The summed E-state index contributed by atoms with van der Waals surface area (Å²) < 4.78 is 38.0. The van der Waals surface area contributed by atoms with Gasteiger partial charge in [-0.05, 0) is 42.3 Å². The summed E-state index contributed by atoms with van der Waals surface area (Å²) in [6, 6.07) is 9.47. The molecule has 44 heavy (non-hydrogen) atoms. The summed E-state index contributed by atoms with van der Waals surface area (Å²) in [5.74, 6) is -1.07. The molecule has 6 rings (SSSR count). The van der Waals surface area contributed by atoms with Gasteiger partial charge in [0, 0.05) is 50.8 Å². The van der Waals surface area contributed by atoms with Crippen LogP contribution in [-0.4, -0.2) is 68.8 Å². The van der Waals surface area contributed by atoms with E-state index in [2.05, 4.69) is 38.3 Å². The molecule has 4 aromatic rings. The number of imidazole rings is 1. The number of carbonyl (C=O) groups excluding carboxylic acids is 1. The average molecular weight is 602 g/mol. The molecule has 0 radical (unpaired) electrons. The Labute approximate surface area is 253 Å². The van der Waals surface area contributed by atoms with Gasteiger partial charge in [-0.25, -0.2) is 13.8 Å². The molecule has 0 spiro atoms. The highest BCUT2D eigenvalue weighted by atomic mass is 19.1. The normalized spacial score (nSPS) is 20.3. The Morgan fingerprint density at radius 2 is 2.00 bits per heavy atom. The van der Waals surface area contributed by atoms with Crippen LogP contribution in [-0.2, 0) is 16.1 Å². The predicted octanol–water partition coefficient (Wildman–Crippen LogP) is 4.02. The minimum absolute atomic E-state index is 0.0122. The van der Waals surface area contributed by atoms with Gasteiger partial charge in [0.25, 0.3) is 0 Å². The van der Waals surface area contributed by atoms with E-state index in [4.69, 9.17) is 15.7 Å². The third-order valence-corrected chi connectivity index (χ3v) is 8.12. The van der Waals surface area contributed by atoms with Crippen LogP contribution in [0.3, 0.4) is 0 Å². The highest BCUT2D eigenvalue weighted by Gasteiger charge is 2.34. The maximum atomic E-state index is 15.3. The fourth-order valence-corrected chi connectivity index (χ4v) is 6.07. The predicted molar refractivity (Wildman–Crippen MR) is 160 cm³/mol. The van der Waals surface area contributed by atoms with Crippen molar-refractivity contribution in [2.45, 2.75) is 44.9 Å². The van der Waals surface area contributed by atoms with Crippen molar-refractivity contribution in [3.8, 4) is 17.3 Å². The molecular weight excluding hydrogens is 568 g/mol. The fraction of sp³-hybridized carbons (Fsp3) is 0.387. The van der Waals surface area contributed by atoms with E-state index in [1.807, 2.05) is 6.07 Å². The summed E-state index contributed by atoms with van der Waals surface area (Å²) in [5, 5.41) is 16.7. The van der Waals surface area contributed by atoms with Gasteiger partial charge < -0.3 is 25.6 Å². The van der Waals surface area contributed by atoms with Crippen molar-refractivity contribution in [1.29, 1.82) is 5.26 Å². The number of nitrogens with zero attached hydrogens (tertiary/aromatic N) is 7. The average Bonchev–Trinajstić information content (AvgIpc) is 3.59. The van der Waals surface area contributed by atoms with Gasteiger partial charge in [-0.15, -0.1) is 0 Å². The summed E-state index contributed by atoms with van der Waals surface area (Å²) in [6.07, 6.45) is 6.35. The summed E-state index contributed by atoms with van der Waals surface area (Å²) in [6.45, 7) is 4.37. The first-order chi connectivity index (χ1) is 21.3. The first-order valence-electron chi connectivity index (χ1n) is 14.6. The number of hydrogen-bond donors (Lipinski definition) is 2.